The lowest BCUT2D eigenvalue weighted by Gasteiger charge is -2.42. The zero-order valence-corrected chi connectivity index (χ0v) is 24.0. The fourth-order valence-electron chi connectivity index (χ4n) is 6.70. The molecule has 0 radical (unpaired) electrons. The van der Waals surface area contributed by atoms with Crippen LogP contribution in [0.5, 0.6) is 28.7 Å². The average Bonchev–Trinajstić information content (AvgIpc) is 2.96. The Hall–Kier alpha value is -5.78. The maximum absolute atomic E-state index is 14.2. The van der Waals surface area contributed by atoms with Gasteiger partial charge in [-0.3, -0.25) is 14.4 Å². The van der Waals surface area contributed by atoms with Gasteiger partial charge in [0.2, 0.25) is 5.78 Å². The van der Waals surface area contributed by atoms with E-state index in [9.17, 15) is 49.8 Å². The van der Waals surface area contributed by atoms with Gasteiger partial charge in [-0.15, -0.1) is 0 Å². The highest BCUT2D eigenvalue weighted by Gasteiger charge is 2.50. The van der Waals surface area contributed by atoms with Crippen LogP contribution in [0.1, 0.15) is 73.0 Å². The summed E-state index contributed by atoms with van der Waals surface area (Å²) >= 11 is 0. The summed E-state index contributed by atoms with van der Waals surface area (Å²) in [6, 6.07) is 6.08. The topological polar surface area (TPSA) is 208 Å². The number of benzene rings is 3. The van der Waals surface area contributed by atoms with Gasteiger partial charge < -0.3 is 40.1 Å². The lowest BCUT2D eigenvalue weighted by Crippen LogP contribution is -2.38. The van der Waals surface area contributed by atoms with Crippen LogP contribution in [-0.4, -0.2) is 61.3 Å². The second-order valence-electron chi connectivity index (χ2n) is 11.1. The molecule has 2 bridgehead atoms. The molecule has 6 rings (SSSR count). The summed E-state index contributed by atoms with van der Waals surface area (Å²) < 4.78 is 10.3. The molecule has 3 aromatic rings. The summed E-state index contributed by atoms with van der Waals surface area (Å²) in [7, 11) is 0.987. The van der Waals surface area contributed by atoms with Crippen LogP contribution in [0.15, 0.2) is 47.6 Å². The van der Waals surface area contributed by atoms with Gasteiger partial charge in [0.15, 0.2) is 5.78 Å². The van der Waals surface area contributed by atoms with Crippen LogP contribution in [-0.2, 0) is 25.5 Å². The molecule has 0 amide bonds. The number of hydrogen-bond acceptors (Lipinski definition) is 12. The lowest BCUT2D eigenvalue weighted by molar-refractivity contribution is -0.149. The minimum atomic E-state index is -1.28. The molecule has 0 aliphatic heterocycles. The number of allylic oxidation sites excluding steroid dienone is 1. The van der Waals surface area contributed by atoms with Gasteiger partial charge in [0.25, 0.3) is 0 Å². The number of aliphatic hydroxyl groups is 1. The number of aryl methyl sites for hydroxylation is 1. The summed E-state index contributed by atoms with van der Waals surface area (Å²) in [5, 5.41) is 65.4. The van der Waals surface area contributed by atoms with Gasteiger partial charge in [-0.2, -0.15) is 0 Å². The first kappa shape index (κ1) is 29.3. The molecule has 0 saturated heterocycles. The van der Waals surface area contributed by atoms with Crippen LogP contribution in [0.25, 0.3) is 5.76 Å². The number of esters is 2. The number of rotatable bonds is 4. The van der Waals surface area contributed by atoms with Crippen molar-refractivity contribution in [3.63, 3.8) is 0 Å². The van der Waals surface area contributed by atoms with Gasteiger partial charge in [-0.25, -0.2) is 4.79 Å². The van der Waals surface area contributed by atoms with E-state index in [4.69, 9.17) is 4.74 Å². The van der Waals surface area contributed by atoms with Gasteiger partial charge in [0.05, 0.1) is 30.1 Å². The Morgan fingerprint density at radius 1 is 0.867 bits per heavy atom. The number of methoxy groups -OCH3 is 1. The number of ketones is 2. The fourth-order valence-corrected chi connectivity index (χ4v) is 6.70. The molecule has 0 aromatic heterocycles. The molecule has 12 nitrogen and oxygen atoms in total. The number of hydrogen-bond donors (Lipinski definition) is 6. The highest BCUT2D eigenvalue weighted by atomic mass is 16.5. The first-order valence-corrected chi connectivity index (χ1v) is 13.7. The minimum absolute atomic E-state index is 0.00810. The quantitative estimate of drug-likeness (QED) is 0.107. The van der Waals surface area contributed by atoms with E-state index in [0.717, 1.165) is 25.3 Å². The predicted molar refractivity (Wildman–Crippen MR) is 154 cm³/mol. The normalized spacial score (nSPS) is 19.6. The second kappa shape index (κ2) is 10.2. The van der Waals surface area contributed by atoms with E-state index in [2.05, 4.69) is 4.74 Å². The van der Waals surface area contributed by atoms with Crippen LogP contribution in [0.4, 0.5) is 0 Å². The Labute approximate surface area is 254 Å². The van der Waals surface area contributed by atoms with E-state index < -0.39 is 86.9 Å². The third kappa shape index (κ3) is 4.20. The summed E-state index contributed by atoms with van der Waals surface area (Å²) in [6.07, 6.45) is 0.423. The summed E-state index contributed by atoms with van der Waals surface area (Å²) in [4.78, 5) is 52.5. The molecule has 3 atom stereocenters. The molecule has 0 fully saturated rings. The van der Waals surface area contributed by atoms with Crippen molar-refractivity contribution in [3.8, 4) is 28.7 Å². The third-order valence-corrected chi connectivity index (χ3v) is 8.44. The van der Waals surface area contributed by atoms with E-state index in [1.54, 1.807) is 13.0 Å². The Bertz CT molecular complexity index is 1960. The van der Waals surface area contributed by atoms with Crippen LogP contribution in [0.3, 0.4) is 0 Å². The highest BCUT2D eigenvalue weighted by molar-refractivity contribution is 6.20. The molecule has 6 N–H and O–H groups in total. The van der Waals surface area contributed by atoms with Gasteiger partial charge in [0.1, 0.15) is 51.7 Å². The zero-order valence-electron chi connectivity index (χ0n) is 24.0. The number of phenols is 5. The van der Waals surface area contributed by atoms with Crippen molar-refractivity contribution < 1.29 is 59.3 Å². The van der Waals surface area contributed by atoms with Gasteiger partial charge in [0, 0.05) is 23.6 Å². The molecular weight excluding hydrogens is 588 g/mol. The first-order chi connectivity index (χ1) is 21.3. The lowest BCUT2D eigenvalue weighted by atomic mass is 9.63. The number of fused-ring (bicyclic) bond motifs is 6. The van der Waals surface area contributed by atoms with Crippen LogP contribution < -0.4 is 0 Å². The van der Waals surface area contributed by atoms with Crippen molar-refractivity contribution >= 4 is 29.3 Å². The van der Waals surface area contributed by atoms with Gasteiger partial charge >= 0.3 is 11.9 Å². The van der Waals surface area contributed by atoms with E-state index in [1.807, 2.05) is 0 Å². The predicted octanol–water partition coefficient (Wildman–Crippen LogP) is 3.89. The van der Waals surface area contributed by atoms with Crippen molar-refractivity contribution in [3.05, 3.63) is 92.1 Å². The van der Waals surface area contributed by atoms with Crippen molar-refractivity contribution in [2.75, 3.05) is 7.11 Å². The largest absolute Gasteiger partial charge is 0.507 e. The van der Waals surface area contributed by atoms with E-state index >= 15 is 0 Å². The Morgan fingerprint density at radius 2 is 1.53 bits per heavy atom. The second-order valence-corrected chi connectivity index (χ2v) is 11.1. The minimum Gasteiger partial charge on any atom is -0.507 e. The molecule has 230 valence electrons. The molecule has 3 aliphatic carbocycles. The maximum atomic E-state index is 14.2. The molecule has 3 aliphatic rings. The van der Waals surface area contributed by atoms with Gasteiger partial charge in [-0.05, 0) is 48.7 Å². The number of aromatic hydroxyl groups is 5. The summed E-state index contributed by atoms with van der Waals surface area (Å²) in [5.41, 5.74) is -0.863. The molecule has 45 heavy (non-hydrogen) atoms. The summed E-state index contributed by atoms with van der Waals surface area (Å²) in [5.74, 6) is -9.95. The van der Waals surface area contributed by atoms with Crippen molar-refractivity contribution in [1.29, 1.82) is 0 Å². The Morgan fingerprint density at radius 3 is 2.18 bits per heavy atom. The SMILES string of the molecule is COC(=O)c1c(O)ccc(O)c1C(=O)c1c(O)cc2c(c1O)[C@@H]1C=C(C2)C2C(=C(O)c3c(O)cc(C)cc3[C@@H]2OC(C)=O)C1=O. The molecule has 0 spiro atoms. The maximum Gasteiger partial charge on any atom is 0.342 e. The van der Waals surface area contributed by atoms with Crippen LogP contribution in [0, 0.1) is 12.8 Å². The first-order valence-electron chi connectivity index (χ1n) is 13.7. The molecule has 0 saturated carbocycles. The average molecular weight is 615 g/mol. The standard InChI is InChI=1S/C33H26O12/c1-11-6-16-23(19(37)7-11)30(41)27-22(32(16)45-12(2)34)13-8-14-10-20(38)26(29(40)21(14)15(9-13)28(27)39)31(42)24-17(35)4-5-18(36)25(24)33(43)44-3/h4-7,9-10,15,22,32,35-38,40-41H,8H2,1-3H3/t15-,22?,32-/m0/s1. The number of Topliss-reactive ketones (excluding diaryl/α,β-unsaturated/α-hetero) is 1. The van der Waals surface area contributed by atoms with Crippen molar-refractivity contribution in [2.24, 2.45) is 5.92 Å². The van der Waals surface area contributed by atoms with Gasteiger partial charge in [-0.1, -0.05) is 17.7 Å². The summed E-state index contributed by atoms with van der Waals surface area (Å²) in [6.45, 7) is 2.89. The van der Waals surface area contributed by atoms with E-state index in [-0.39, 0.29) is 34.4 Å². The highest BCUT2D eigenvalue weighted by Crippen LogP contribution is 2.57. The number of carbonyl (C=O) groups excluding carboxylic acids is 4. The molecule has 1 unspecified atom stereocenters. The number of aliphatic hydroxyl groups excluding tert-OH is 1. The van der Waals surface area contributed by atoms with Crippen LogP contribution in [0.2, 0.25) is 0 Å². The fraction of sp³-hybridized carbons (Fsp3) is 0.212. The number of ether oxygens (including phenoxy) is 2. The molecule has 12 heteroatoms. The van der Waals surface area contributed by atoms with Crippen molar-refractivity contribution in [2.45, 2.75) is 32.3 Å². The molecule has 0 heterocycles. The molecule has 3 aromatic carbocycles. The number of carbonyl (C=O) groups is 4. The smallest absolute Gasteiger partial charge is 0.342 e. The third-order valence-electron chi connectivity index (χ3n) is 8.44. The van der Waals surface area contributed by atoms with Crippen LogP contribution >= 0.6 is 0 Å². The van der Waals surface area contributed by atoms with E-state index in [0.29, 0.717) is 16.7 Å². The Balaban J connectivity index is 1.55. The number of phenolic OH excluding ortho intramolecular Hbond substituents is 5. The molecular formula is C33H26O12. The monoisotopic (exact) mass is 614 g/mol. The van der Waals surface area contributed by atoms with E-state index in [1.165, 1.54) is 19.1 Å². The Kier molecular flexibility index (Phi) is 6.61. The van der Waals surface area contributed by atoms with Crippen molar-refractivity contribution in [1.82, 2.24) is 0 Å². The zero-order chi connectivity index (χ0) is 32.6.